The van der Waals surface area contributed by atoms with Crippen molar-refractivity contribution in [2.75, 3.05) is 5.75 Å². The van der Waals surface area contributed by atoms with Gasteiger partial charge in [0.25, 0.3) is 0 Å². The van der Waals surface area contributed by atoms with Crippen molar-refractivity contribution in [3.05, 3.63) is 0 Å². The van der Waals surface area contributed by atoms with E-state index < -0.39 is 0 Å². The molecule has 0 heterocycles. The normalized spacial score (nSPS) is 7.33. The molecular formula is C3H5O2S+. The van der Waals surface area contributed by atoms with E-state index in [2.05, 4.69) is 0 Å². The van der Waals surface area contributed by atoms with E-state index in [1.54, 1.807) is 0 Å². The highest BCUT2D eigenvalue weighted by atomic mass is 32.1. The Balaban J connectivity index is 2.66. The highest BCUT2D eigenvalue weighted by Crippen LogP contribution is 1.65. The molecule has 0 aliphatic heterocycles. The van der Waals surface area contributed by atoms with Gasteiger partial charge in [-0.3, -0.25) is 0 Å². The van der Waals surface area contributed by atoms with Gasteiger partial charge in [0.15, 0.2) is 0 Å². The summed E-state index contributed by atoms with van der Waals surface area (Å²) in [5.41, 5.74) is 0. The van der Waals surface area contributed by atoms with Crippen molar-refractivity contribution in [2.45, 2.75) is 6.42 Å². The predicted molar refractivity (Wildman–Crippen MR) is 23.6 cm³/mol. The third-order valence-corrected chi connectivity index (χ3v) is 0.721. The van der Waals surface area contributed by atoms with Gasteiger partial charge in [0.1, 0.15) is 6.29 Å². The minimum atomic E-state index is 0.383. The largest absolute Gasteiger partial charge is 0.459 e. The molecule has 6 heavy (non-hydrogen) atoms. The molecule has 0 rings (SSSR count). The second-order valence-electron chi connectivity index (χ2n) is 0.777. The smallest absolute Gasteiger partial charge is 0.303 e. The van der Waals surface area contributed by atoms with E-state index in [9.17, 15) is 9.00 Å². The molecule has 0 radical (unpaired) electrons. The highest BCUT2D eigenvalue weighted by molar-refractivity contribution is 7.65. The van der Waals surface area contributed by atoms with Gasteiger partial charge in [0.05, 0.1) is 6.42 Å². The predicted octanol–water partition coefficient (Wildman–Crippen LogP) is 0.00350. The Morgan fingerprint density at radius 2 is 2.33 bits per heavy atom. The molecule has 0 atom stereocenters. The van der Waals surface area contributed by atoms with Crippen molar-refractivity contribution in [3.8, 4) is 0 Å². The van der Waals surface area contributed by atoms with Crippen LogP contribution in [0, 0.1) is 0 Å². The maximum absolute atomic E-state index is 9.45. The van der Waals surface area contributed by atoms with Gasteiger partial charge in [-0.15, -0.1) is 0 Å². The number of carbonyl (C=O) groups excluding carboxylic acids is 1. The summed E-state index contributed by atoms with van der Waals surface area (Å²) >= 11 is 0.445. The Hall–Kier alpha value is -0.310. The van der Waals surface area contributed by atoms with Crippen LogP contribution in [-0.4, -0.2) is 12.0 Å². The first-order valence-electron chi connectivity index (χ1n) is 1.60. The standard InChI is InChI=1S/C3H5O2S/c4-2-1-3-6-5/h2H,1,3H2/q+1. The fourth-order valence-corrected chi connectivity index (χ4v) is 0.289. The molecule has 0 fully saturated rings. The van der Waals surface area contributed by atoms with Crippen molar-refractivity contribution in [3.63, 3.8) is 0 Å². The molecule has 0 N–H and O–H groups in total. The second-order valence-corrected chi connectivity index (χ2v) is 1.42. The maximum Gasteiger partial charge on any atom is 0.459 e. The molecule has 3 heteroatoms. The van der Waals surface area contributed by atoms with Crippen LogP contribution in [-0.2, 0) is 20.7 Å². The molecule has 0 saturated heterocycles. The first-order valence-corrected chi connectivity index (χ1v) is 2.51. The van der Waals surface area contributed by atoms with Crippen molar-refractivity contribution >= 4 is 18.0 Å². The van der Waals surface area contributed by atoms with Crippen LogP contribution in [0.15, 0.2) is 0 Å². The van der Waals surface area contributed by atoms with E-state index >= 15 is 0 Å². The third kappa shape index (κ3) is 3.69. The number of hydrogen-bond donors (Lipinski definition) is 0. The first kappa shape index (κ1) is 5.69. The van der Waals surface area contributed by atoms with Gasteiger partial charge in [0, 0.05) is 4.21 Å². The zero-order valence-electron chi connectivity index (χ0n) is 3.22. The van der Waals surface area contributed by atoms with E-state index in [1.165, 1.54) is 0 Å². The zero-order valence-corrected chi connectivity index (χ0v) is 4.03. The molecule has 0 saturated carbocycles. The van der Waals surface area contributed by atoms with Crippen LogP contribution in [0.25, 0.3) is 0 Å². The van der Waals surface area contributed by atoms with Gasteiger partial charge in [0.2, 0.25) is 5.75 Å². The van der Waals surface area contributed by atoms with Crippen molar-refractivity contribution in [1.82, 2.24) is 0 Å². The number of rotatable bonds is 3. The molecular weight excluding hydrogens is 100 g/mol. The van der Waals surface area contributed by atoms with Gasteiger partial charge in [-0.1, -0.05) is 0 Å². The van der Waals surface area contributed by atoms with Crippen LogP contribution in [0.4, 0.5) is 0 Å². The molecule has 0 bridgehead atoms. The van der Waals surface area contributed by atoms with Gasteiger partial charge >= 0.3 is 11.7 Å². The lowest BCUT2D eigenvalue weighted by Gasteiger charge is -1.55. The molecule has 0 spiro atoms. The van der Waals surface area contributed by atoms with E-state index in [0.29, 0.717) is 23.8 Å². The lowest BCUT2D eigenvalue weighted by Crippen LogP contribution is -1.79. The first-order chi connectivity index (χ1) is 2.91. The zero-order chi connectivity index (χ0) is 4.83. The van der Waals surface area contributed by atoms with Crippen LogP contribution in [0.5, 0.6) is 0 Å². The molecule has 0 aromatic carbocycles. The van der Waals surface area contributed by atoms with E-state index in [-0.39, 0.29) is 0 Å². The summed E-state index contributed by atoms with van der Waals surface area (Å²) in [4.78, 5) is 9.41. The molecule has 0 unspecified atom stereocenters. The Morgan fingerprint density at radius 1 is 1.67 bits per heavy atom. The second kappa shape index (κ2) is 4.69. The van der Waals surface area contributed by atoms with Crippen molar-refractivity contribution in [2.24, 2.45) is 0 Å². The molecule has 0 aromatic rings. The highest BCUT2D eigenvalue weighted by Gasteiger charge is 1.91. The van der Waals surface area contributed by atoms with Gasteiger partial charge in [-0.2, -0.15) is 0 Å². The summed E-state index contributed by atoms with van der Waals surface area (Å²) < 4.78 is 9.45. The average molecular weight is 105 g/mol. The van der Waals surface area contributed by atoms with E-state index in [1.807, 2.05) is 0 Å². The van der Waals surface area contributed by atoms with Gasteiger partial charge in [-0.05, 0) is 0 Å². The number of carbonyl (C=O) groups is 1. The number of aldehydes is 1. The van der Waals surface area contributed by atoms with Crippen LogP contribution >= 0.6 is 0 Å². The van der Waals surface area contributed by atoms with Crippen LogP contribution < -0.4 is 0 Å². The molecule has 34 valence electrons. The lowest BCUT2D eigenvalue weighted by molar-refractivity contribution is -0.107. The molecule has 2 nitrogen and oxygen atoms in total. The van der Waals surface area contributed by atoms with Crippen LogP contribution in [0.1, 0.15) is 6.42 Å². The number of hydrogen-bond acceptors (Lipinski definition) is 2. The summed E-state index contributed by atoms with van der Waals surface area (Å²) in [5, 5.41) is 0. The molecule has 0 aliphatic carbocycles. The Bertz CT molecular complexity index is 44.8. The lowest BCUT2D eigenvalue weighted by atomic mass is 10.6. The molecule has 0 amide bonds. The Morgan fingerprint density at radius 3 is 2.50 bits per heavy atom. The van der Waals surface area contributed by atoms with Crippen LogP contribution in [0.2, 0.25) is 0 Å². The summed E-state index contributed by atoms with van der Waals surface area (Å²) in [6.07, 6.45) is 1.12. The SMILES string of the molecule is O=CCC[S+]=O. The summed E-state index contributed by atoms with van der Waals surface area (Å²) in [6.45, 7) is 0. The Kier molecular flexibility index (Phi) is 4.45. The topological polar surface area (TPSA) is 34.1 Å². The summed E-state index contributed by atoms with van der Waals surface area (Å²) in [6, 6.07) is 0. The van der Waals surface area contributed by atoms with Crippen LogP contribution in [0.3, 0.4) is 0 Å². The van der Waals surface area contributed by atoms with Gasteiger partial charge in [-0.25, -0.2) is 0 Å². The third-order valence-electron chi connectivity index (χ3n) is 0.319. The monoisotopic (exact) mass is 105 g/mol. The minimum Gasteiger partial charge on any atom is -0.303 e. The molecule has 0 aromatic heterocycles. The van der Waals surface area contributed by atoms with E-state index in [4.69, 9.17) is 0 Å². The average Bonchev–Trinajstić information content (AvgIpc) is 1.61. The van der Waals surface area contributed by atoms with Gasteiger partial charge < -0.3 is 4.79 Å². The quantitative estimate of drug-likeness (QED) is 0.288. The Labute approximate surface area is 40.0 Å². The maximum atomic E-state index is 9.45. The van der Waals surface area contributed by atoms with E-state index in [0.717, 1.165) is 6.29 Å². The summed E-state index contributed by atoms with van der Waals surface area (Å²) in [7, 11) is 0. The molecule has 0 aliphatic rings. The van der Waals surface area contributed by atoms with Crippen molar-refractivity contribution < 1.29 is 9.00 Å². The minimum absolute atomic E-state index is 0.383. The summed E-state index contributed by atoms with van der Waals surface area (Å²) in [5.74, 6) is 0.406. The fourth-order valence-electron chi connectivity index (χ4n) is 0.0962. The fraction of sp³-hybridized carbons (Fsp3) is 0.667. The van der Waals surface area contributed by atoms with Crippen molar-refractivity contribution in [1.29, 1.82) is 0 Å².